The summed E-state index contributed by atoms with van der Waals surface area (Å²) in [7, 11) is 0. The third-order valence-corrected chi connectivity index (χ3v) is 3.40. The molecule has 0 fully saturated rings. The molecule has 0 aromatic heterocycles. The highest BCUT2D eigenvalue weighted by Crippen LogP contribution is 2.30. The normalized spacial score (nSPS) is 16.0. The van der Waals surface area contributed by atoms with E-state index >= 15 is 0 Å². The molecule has 1 amide bonds. The number of amides is 1. The second kappa shape index (κ2) is 7.50. The zero-order valence-corrected chi connectivity index (χ0v) is 13.3. The van der Waals surface area contributed by atoms with E-state index in [2.05, 4.69) is 10.5 Å². The van der Waals surface area contributed by atoms with E-state index in [4.69, 9.17) is 14.2 Å². The summed E-state index contributed by atoms with van der Waals surface area (Å²) in [6.07, 6.45) is 0.805. The van der Waals surface area contributed by atoms with Gasteiger partial charge in [0.15, 0.2) is 11.5 Å². The number of carbonyl (C=O) groups is 1. The lowest BCUT2D eigenvalue weighted by Crippen LogP contribution is -2.42. The van der Waals surface area contributed by atoms with Crippen LogP contribution in [0.2, 0.25) is 0 Å². The Labute approximate surface area is 140 Å². The molecular formula is C18H18N2O4. The predicted molar refractivity (Wildman–Crippen MR) is 89.7 cm³/mol. The lowest BCUT2D eigenvalue weighted by Gasteiger charge is -2.24. The Morgan fingerprint density at radius 3 is 2.83 bits per heavy atom. The quantitative estimate of drug-likeness (QED) is 0.676. The van der Waals surface area contributed by atoms with Gasteiger partial charge in [0.1, 0.15) is 12.4 Å². The monoisotopic (exact) mass is 326 g/mol. The molecule has 2 aromatic carbocycles. The summed E-state index contributed by atoms with van der Waals surface area (Å²) in [5.74, 6) is 1.53. The van der Waals surface area contributed by atoms with Gasteiger partial charge in [0.05, 0.1) is 12.8 Å². The molecule has 0 unspecified atom stereocenters. The van der Waals surface area contributed by atoms with Crippen molar-refractivity contribution in [3.63, 3.8) is 0 Å². The smallest absolute Gasteiger partial charge is 0.284 e. The molecule has 0 saturated carbocycles. The second-order valence-corrected chi connectivity index (χ2v) is 5.07. The van der Waals surface area contributed by atoms with Gasteiger partial charge >= 0.3 is 0 Å². The van der Waals surface area contributed by atoms with Crippen LogP contribution in [-0.2, 0) is 4.79 Å². The van der Waals surface area contributed by atoms with Crippen LogP contribution < -0.4 is 19.6 Å². The molecule has 0 saturated heterocycles. The highest BCUT2D eigenvalue weighted by molar-refractivity contribution is 5.86. The van der Waals surface area contributed by atoms with Gasteiger partial charge < -0.3 is 14.2 Å². The first-order valence-corrected chi connectivity index (χ1v) is 7.71. The molecular weight excluding hydrogens is 308 g/mol. The van der Waals surface area contributed by atoms with Crippen LogP contribution in [0.3, 0.4) is 0 Å². The number of nitrogens with zero attached hydrogens (tertiary/aromatic N) is 1. The number of ether oxygens (including phenoxy) is 3. The van der Waals surface area contributed by atoms with Crippen molar-refractivity contribution >= 4 is 12.1 Å². The van der Waals surface area contributed by atoms with Crippen molar-refractivity contribution in [2.75, 3.05) is 13.2 Å². The molecule has 1 N–H and O–H groups in total. The molecule has 6 nitrogen and oxygen atoms in total. The van der Waals surface area contributed by atoms with Crippen molar-refractivity contribution in [2.45, 2.75) is 13.0 Å². The Kier molecular flexibility index (Phi) is 4.96. The van der Waals surface area contributed by atoms with E-state index in [1.165, 1.54) is 0 Å². The first kappa shape index (κ1) is 15.9. The third kappa shape index (κ3) is 3.65. The highest BCUT2D eigenvalue weighted by Gasteiger charge is 2.26. The Bertz CT molecular complexity index is 745. The van der Waals surface area contributed by atoms with Crippen molar-refractivity contribution in [1.82, 2.24) is 5.43 Å². The maximum atomic E-state index is 12.1. The van der Waals surface area contributed by atoms with Crippen molar-refractivity contribution in [1.29, 1.82) is 0 Å². The summed E-state index contributed by atoms with van der Waals surface area (Å²) in [6, 6.07) is 14.7. The molecule has 24 heavy (non-hydrogen) atoms. The van der Waals surface area contributed by atoms with Crippen LogP contribution in [0.15, 0.2) is 53.6 Å². The Hall–Kier alpha value is -3.02. The van der Waals surface area contributed by atoms with E-state index in [1.54, 1.807) is 18.3 Å². The van der Waals surface area contributed by atoms with Crippen LogP contribution in [0, 0.1) is 0 Å². The lowest BCUT2D eigenvalue weighted by atomic mass is 10.2. The number of benzene rings is 2. The van der Waals surface area contributed by atoms with Crippen LogP contribution in [0.25, 0.3) is 0 Å². The zero-order valence-electron chi connectivity index (χ0n) is 13.3. The summed E-state index contributed by atoms with van der Waals surface area (Å²) >= 11 is 0. The number of carbonyl (C=O) groups excluding carboxylic acids is 1. The topological polar surface area (TPSA) is 69.2 Å². The standard InChI is InChI=1S/C18H18N2O4/c1-2-22-14-8-4-3-7-13(14)11-19-20-18(21)17-12-23-15-9-5-6-10-16(15)24-17/h3-11,17H,2,12H2,1H3,(H,20,21)/t17-/m0/s1. The lowest BCUT2D eigenvalue weighted by molar-refractivity contribution is -0.130. The first-order valence-electron chi connectivity index (χ1n) is 7.71. The van der Waals surface area contributed by atoms with Crippen molar-refractivity contribution < 1.29 is 19.0 Å². The van der Waals surface area contributed by atoms with E-state index in [1.807, 2.05) is 43.3 Å². The third-order valence-electron chi connectivity index (χ3n) is 3.40. The molecule has 1 heterocycles. The van der Waals surface area contributed by atoms with E-state index < -0.39 is 6.10 Å². The molecule has 1 atom stereocenters. The average molecular weight is 326 g/mol. The Balaban J connectivity index is 1.60. The molecule has 0 aliphatic carbocycles. The number of fused-ring (bicyclic) bond motifs is 1. The molecule has 124 valence electrons. The van der Waals surface area contributed by atoms with Gasteiger partial charge in [-0.05, 0) is 31.2 Å². The fraction of sp³-hybridized carbons (Fsp3) is 0.222. The molecule has 0 spiro atoms. The Morgan fingerprint density at radius 2 is 2.00 bits per heavy atom. The van der Waals surface area contributed by atoms with Gasteiger partial charge in [-0.1, -0.05) is 24.3 Å². The number of hydrogen-bond acceptors (Lipinski definition) is 5. The minimum atomic E-state index is -0.737. The zero-order chi connectivity index (χ0) is 16.8. The summed E-state index contributed by atoms with van der Waals surface area (Å²) in [6.45, 7) is 2.62. The molecule has 2 aromatic rings. The van der Waals surface area contributed by atoms with Gasteiger partial charge in [0.25, 0.3) is 5.91 Å². The summed E-state index contributed by atoms with van der Waals surface area (Å²) in [5.41, 5.74) is 3.25. The van der Waals surface area contributed by atoms with E-state index in [0.717, 1.165) is 5.56 Å². The molecule has 6 heteroatoms. The van der Waals surface area contributed by atoms with Gasteiger partial charge in [-0.15, -0.1) is 0 Å². The summed E-state index contributed by atoms with van der Waals surface area (Å²) < 4.78 is 16.6. The largest absolute Gasteiger partial charge is 0.493 e. The number of rotatable bonds is 5. The van der Waals surface area contributed by atoms with E-state index in [9.17, 15) is 4.79 Å². The molecule has 3 rings (SSSR count). The average Bonchev–Trinajstić information content (AvgIpc) is 2.63. The van der Waals surface area contributed by atoms with Gasteiger partial charge in [0, 0.05) is 5.56 Å². The fourth-order valence-corrected chi connectivity index (χ4v) is 2.26. The Morgan fingerprint density at radius 1 is 1.25 bits per heavy atom. The van der Waals surface area contributed by atoms with Crippen molar-refractivity contribution in [2.24, 2.45) is 5.10 Å². The number of hydrogen-bond donors (Lipinski definition) is 1. The van der Waals surface area contributed by atoms with Crippen molar-refractivity contribution in [3.05, 3.63) is 54.1 Å². The minimum absolute atomic E-state index is 0.147. The number of hydrazone groups is 1. The van der Waals surface area contributed by atoms with E-state index in [0.29, 0.717) is 23.9 Å². The van der Waals surface area contributed by atoms with Gasteiger partial charge in [-0.2, -0.15) is 5.10 Å². The van der Waals surface area contributed by atoms with Crippen LogP contribution in [-0.4, -0.2) is 31.4 Å². The maximum absolute atomic E-state index is 12.1. The SMILES string of the molecule is CCOc1ccccc1C=NNC(=O)[C@@H]1COc2ccccc2O1. The van der Waals surface area contributed by atoms with Crippen LogP contribution in [0.1, 0.15) is 12.5 Å². The summed E-state index contributed by atoms with van der Waals surface area (Å²) in [5, 5.41) is 3.98. The number of nitrogens with one attached hydrogen (secondary N) is 1. The van der Waals surface area contributed by atoms with Crippen LogP contribution in [0.4, 0.5) is 0 Å². The van der Waals surface area contributed by atoms with Gasteiger partial charge in [-0.25, -0.2) is 5.43 Å². The predicted octanol–water partition coefficient (Wildman–Crippen LogP) is 2.38. The molecule has 0 bridgehead atoms. The van der Waals surface area contributed by atoms with Crippen LogP contribution in [0.5, 0.6) is 17.2 Å². The van der Waals surface area contributed by atoms with Crippen molar-refractivity contribution in [3.8, 4) is 17.2 Å². The minimum Gasteiger partial charge on any atom is -0.493 e. The first-order chi connectivity index (χ1) is 11.8. The van der Waals surface area contributed by atoms with Gasteiger partial charge in [0.2, 0.25) is 6.10 Å². The fourth-order valence-electron chi connectivity index (χ4n) is 2.26. The van der Waals surface area contributed by atoms with Gasteiger partial charge in [-0.3, -0.25) is 4.79 Å². The maximum Gasteiger partial charge on any atom is 0.284 e. The molecule has 0 radical (unpaired) electrons. The summed E-state index contributed by atoms with van der Waals surface area (Å²) in [4.78, 5) is 12.1. The molecule has 1 aliphatic heterocycles. The van der Waals surface area contributed by atoms with Crippen LogP contribution >= 0.6 is 0 Å². The highest BCUT2D eigenvalue weighted by atomic mass is 16.6. The number of para-hydroxylation sites is 3. The second-order valence-electron chi connectivity index (χ2n) is 5.07. The molecule has 1 aliphatic rings. The van der Waals surface area contributed by atoms with E-state index in [-0.39, 0.29) is 12.5 Å².